The molecule has 0 bridgehead atoms. The molecule has 7 nitrogen and oxygen atoms in total. The zero-order chi connectivity index (χ0) is 20.8. The molecule has 0 atom stereocenters. The summed E-state index contributed by atoms with van der Waals surface area (Å²) in [6.07, 6.45) is -0.515. The van der Waals surface area contributed by atoms with Crippen LogP contribution in [0.2, 0.25) is 0 Å². The van der Waals surface area contributed by atoms with Crippen LogP contribution in [0.5, 0.6) is 0 Å². The first kappa shape index (κ1) is 22.5. The van der Waals surface area contributed by atoms with E-state index in [0.717, 1.165) is 0 Å². The van der Waals surface area contributed by atoms with Gasteiger partial charge in [0.15, 0.2) is 0 Å². The lowest BCUT2D eigenvalue weighted by atomic mass is 9.99. The number of hydrogen-bond acceptors (Lipinski definition) is 5. The van der Waals surface area contributed by atoms with Gasteiger partial charge in [-0.3, -0.25) is 4.79 Å². The molecule has 0 fully saturated rings. The normalized spacial score (nSPS) is 10.9. The van der Waals surface area contributed by atoms with Gasteiger partial charge in [-0.2, -0.15) is 0 Å². The molecule has 1 aromatic rings. The molecule has 0 heterocycles. The molecule has 1 rings (SSSR count). The Morgan fingerprint density at radius 3 is 2.15 bits per heavy atom. The number of rotatable bonds is 6. The van der Waals surface area contributed by atoms with Crippen LogP contribution in [0.1, 0.15) is 60.9 Å². The number of carbonyl (C=O) groups is 3. The van der Waals surface area contributed by atoms with Crippen LogP contribution >= 0.6 is 0 Å². The van der Waals surface area contributed by atoms with Crippen molar-refractivity contribution in [1.82, 2.24) is 9.80 Å². The summed E-state index contributed by atoms with van der Waals surface area (Å²) in [7, 11) is 2.84. The van der Waals surface area contributed by atoms with Crippen LogP contribution in [-0.4, -0.2) is 60.6 Å². The first-order valence-corrected chi connectivity index (χ1v) is 8.99. The van der Waals surface area contributed by atoms with E-state index >= 15 is 0 Å². The molecule has 0 radical (unpaired) electrons. The predicted octanol–water partition coefficient (Wildman–Crippen LogP) is 3.32. The average molecular weight is 378 g/mol. The van der Waals surface area contributed by atoms with Crippen LogP contribution in [0.3, 0.4) is 0 Å². The third-order valence-corrected chi connectivity index (χ3v) is 3.93. The Bertz CT molecular complexity index is 690. The van der Waals surface area contributed by atoms with Crippen molar-refractivity contribution in [3.8, 4) is 0 Å². The van der Waals surface area contributed by atoms with E-state index in [1.165, 1.54) is 12.0 Å². The third kappa shape index (κ3) is 5.98. The fourth-order valence-corrected chi connectivity index (χ4v) is 2.59. The largest absolute Gasteiger partial charge is 0.465 e. The highest BCUT2D eigenvalue weighted by atomic mass is 16.6. The molecule has 0 saturated carbocycles. The summed E-state index contributed by atoms with van der Waals surface area (Å²) in [4.78, 5) is 40.5. The number of amides is 2. The highest BCUT2D eigenvalue weighted by Crippen LogP contribution is 2.21. The molecular weight excluding hydrogens is 348 g/mol. The van der Waals surface area contributed by atoms with Gasteiger partial charge in [0.05, 0.1) is 18.2 Å². The van der Waals surface area contributed by atoms with Gasteiger partial charge in [0.25, 0.3) is 5.91 Å². The summed E-state index contributed by atoms with van der Waals surface area (Å²) in [5.41, 5.74) is 0.332. The molecule has 0 aliphatic rings. The molecule has 2 amide bonds. The van der Waals surface area contributed by atoms with Crippen LogP contribution in [-0.2, 0) is 16.0 Å². The minimum absolute atomic E-state index is 0.110. The summed E-state index contributed by atoms with van der Waals surface area (Å²) >= 11 is 0. The molecule has 0 aliphatic heterocycles. The van der Waals surface area contributed by atoms with Gasteiger partial charge in [0.1, 0.15) is 5.60 Å². The summed E-state index contributed by atoms with van der Waals surface area (Å²) in [6, 6.07) is 5.00. The first-order chi connectivity index (χ1) is 12.6. The Morgan fingerprint density at radius 1 is 1.07 bits per heavy atom. The van der Waals surface area contributed by atoms with Crippen LogP contribution in [0, 0.1) is 0 Å². The third-order valence-electron chi connectivity index (χ3n) is 3.93. The molecule has 1 aromatic carbocycles. The van der Waals surface area contributed by atoms with Crippen molar-refractivity contribution in [3.63, 3.8) is 0 Å². The molecular formula is C20H30N2O5. The highest BCUT2D eigenvalue weighted by molar-refractivity contribution is 6.06. The summed E-state index contributed by atoms with van der Waals surface area (Å²) in [6.45, 7) is 10.2. The number of benzene rings is 1. The Morgan fingerprint density at radius 2 is 1.67 bits per heavy atom. The Labute approximate surface area is 161 Å². The van der Waals surface area contributed by atoms with Gasteiger partial charge >= 0.3 is 12.1 Å². The Hall–Kier alpha value is -2.57. The fourth-order valence-electron chi connectivity index (χ4n) is 2.59. The van der Waals surface area contributed by atoms with Gasteiger partial charge in [-0.15, -0.1) is 0 Å². The van der Waals surface area contributed by atoms with E-state index in [4.69, 9.17) is 9.47 Å². The zero-order valence-electron chi connectivity index (χ0n) is 17.3. The highest BCUT2D eigenvalue weighted by Gasteiger charge is 2.26. The van der Waals surface area contributed by atoms with Gasteiger partial charge in [0, 0.05) is 26.7 Å². The average Bonchev–Trinajstić information content (AvgIpc) is 2.60. The number of hydrogen-bond donors (Lipinski definition) is 0. The number of ether oxygens (including phenoxy) is 2. The van der Waals surface area contributed by atoms with Gasteiger partial charge in [-0.25, -0.2) is 9.59 Å². The van der Waals surface area contributed by atoms with Crippen molar-refractivity contribution >= 4 is 18.0 Å². The van der Waals surface area contributed by atoms with Crippen LogP contribution in [0.15, 0.2) is 18.2 Å². The second kappa shape index (κ2) is 9.39. The molecule has 150 valence electrons. The van der Waals surface area contributed by atoms with Crippen molar-refractivity contribution in [2.24, 2.45) is 0 Å². The number of carbonyl (C=O) groups excluding carboxylic acids is 3. The predicted molar refractivity (Wildman–Crippen MR) is 103 cm³/mol. The van der Waals surface area contributed by atoms with Crippen LogP contribution in [0.25, 0.3) is 0 Å². The maximum Gasteiger partial charge on any atom is 0.410 e. The van der Waals surface area contributed by atoms with Crippen LogP contribution < -0.4 is 0 Å². The number of methoxy groups -OCH3 is 1. The number of nitrogens with zero attached hydrogens (tertiary/aromatic N) is 2. The van der Waals surface area contributed by atoms with E-state index in [-0.39, 0.29) is 23.6 Å². The SMILES string of the molecule is CCN(CC)C(=O)c1cccc(CN(C)C(=O)OC(C)(C)C)c1C(=O)OC. The first-order valence-electron chi connectivity index (χ1n) is 8.99. The molecule has 7 heteroatoms. The Balaban J connectivity index is 3.28. The monoisotopic (exact) mass is 378 g/mol. The Kier molecular flexibility index (Phi) is 7.82. The molecule has 0 saturated heterocycles. The van der Waals surface area contributed by atoms with Crippen LogP contribution in [0.4, 0.5) is 4.79 Å². The van der Waals surface area contributed by atoms with E-state index in [0.29, 0.717) is 18.7 Å². The maximum atomic E-state index is 12.8. The molecule has 0 unspecified atom stereocenters. The van der Waals surface area contributed by atoms with Gasteiger partial charge in [-0.1, -0.05) is 12.1 Å². The van der Waals surface area contributed by atoms with Gasteiger partial charge in [-0.05, 0) is 46.2 Å². The second-order valence-corrected chi connectivity index (χ2v) is 7.15. The van der Waals surface area contributed by atoms with E-state index in [1.54, 1.807) is 50.9 Å². The fraction of sp³-hybridized carbons (Fsp3) is 0.550. The molecule has 0 aliphatic carbocycles. The zero-order valence-corrected chi connectivity index (χ0v) is 17.3. The van der Waals surface area contributed by atoms with Crippen molar-refractivity contribution in [2.45, 2.75) is 46.8 Å². The summed E-state index contributed by atoms with van der Waals surface area (Å²) in [5.74, 6) is -0.860. The standard InChI is InChI=1S/C20H30N2O5/c1-8-22(9-2)17(23)15-12-10-11-14(16(15)18(24)26-7)13-21(6)19(25)27-20(3,4)5/h10-12H,8-9,13H2,1-7H3. The van der Waals surface area contributed by atoms with Gasteiger partial charge < -0.3 is 19.3 Å². The van der Waals surface area contributed by atoms with E-state index in [9.17, 15) is 14.4 Å². The topological polar surface area (TPSA) is 76.2 Å². The van der Waals surface area contributed by atoms with Crippen molar-refractivity contribution in [2.75, 3.05) is 27.2 Å². The van der Waals surface area contributed by atoms with Crippen molar-refractivity contribution < 1.29 is 23.9 Å². The second-order valence-electron chi connectivity index (χ2n) is 7.15. The lowest BCUT2D eigenvalue weighted by Crippen LogP contribution is -2.35. The number of esters is 1. The summed E-state index contributed by atoms with van der Waals surface area (Å²) < 4.78 is 10.2. The van der Waals surface area contributed by atoms with Crippen molar-refractivity contribution in [1.29, 1.82) is 0 Å². The smallest absolute Gasteiger partial charge is 0.410 e. The quantitative estimate of drug-likeness (QED) is 0.710. The molecule has 0 N–H and O–H groups in total. The lowest BCUT2D eigenvalue weighted by Gasteiger charge is -2.26. The molecule has 0 aromatic heterocycles. The molecule has 0 spiro atoms. The van der Waals surface area contributed by atoms with E-state index in [1.807, 2.05) is 13.8 Å². The lowest BCUT2D eigenvalue weighted by molar-refractivity contribution is 0.0282. The summed E-state index contributed by atoms with van der Waals surface area (Å²) in [5, 5.41) is 0. The van der Waals surface area contributed by atoms with Gasteiger partial charge in [0.2, 0.25) is 0 Å². The maximum absolute atomic E-state index is 12.8. The van der Waals surface area contributed by atoms with E-state index < -0.39 is 17.7 Å². The minimum atomic E-state index is -0.628. The molecule has 27 heavy (non-hydrogen) atoms. The minimum Gasteiger partial charge on any atom is -0.465 e. The van der Waals surface area contributed by atoms with Crippen molar-refractivity contribution in [3.05, 3.63) is 34.9 Å². The van der Waals surface area contributed by atoms with E-state index in [2.05, 4.69) is 0 Å².